The number of amides is 1. The quantitative estimate of drug-likeness (QED) is 0.469. The van der Waals surface area contributed by atoms with E-state index in [1.165, 1.54) is 4.31 Å². The lowest BCUT2D eigenvalue weighted by Gasteiger charge is -2.18. The van der Waals surface area contributed by atoms with Crippen molar-refractivity contribution < 1.29 is 22.7 Å². The third kappa shape index (κ3) is 5.92. The molecule has 33 heavy (non-hydrogen) atoms. The van der Waals surface area contributed by atoms with Crippen LogP contribution in [-0.4, -0.2) is 59.9 Å². The van der Waals surface area contributed by atoms with E-state index in [1.807, 2.05) is 18.4 Å². The molecule has 1 saturated carbocycles. The molecule has 1 aromatic carbocycles. The van der Waals surface area contributed by atoms with Gasteiger partial charge in [0.15, 0.2) is 6.61 Å². The van der Waals surface area contributed by atoms with E-state index in [4.69, 9.17) is 4.74 Å². The van der Waals surface area contributed by atoms with Gasteiger partial charge in [-0.2, -0.15) is 4.31 Å². The summed E-state index contributed by atoms with van der Waals surface area (Å²) in [6.45, 7) is 8.67. The Morgan fingerprint density at radius 1 is 1.24 bits per heavy atom. The number of benzene rings is 1. The molecule has 182 valence electrons. The van der Waals surface area contributed by atoms with E-state index in [9.17, 15) is 18.0 Å². The topological polar surface area (TPSA) is 111 Å². The molecule has 3 rings (SSSR count). The summed E-state index contributed by atoms with van der Waals surface area (Å²) in [5.41, 5.74) is 1.38. The first-order chi connectivity index (χ1) is 15.7. The highest BCUT2D eigenvalue weighted by atomic mass is 32.2. The molecule has 0 aliphatic heterocycles. The highest BCUT2D eigenvalue weighted by molar-refractivity contribution is 7.89. The van der Waals surface area contributed by atoms with Gasteiger partial charge in [-0.05, 0) is 50.8 Å². The molecule has 0 bridgehead atoms. The zero-order valence-corrected chi connectivity index (χ0v) is 20.7. The van der Waals surface area contributed by atoms with Gasteiger partial charge in [0.1, 0.15) is 5.82 Å². The normalized spacial score (nSPS) is 15.1. The number of aryl methyl sites for hydroxylation is 2. The highest BCUT2D eigenvalue weighted by Gasteiger charge is 2.29. The number of aromatic nitrogens is 2. The Labute approximate surface area is 195 Å². The fourth-order valence-electron chi connectivity index (χ4n) is 4.02. The second kappa shape index (κ2) is 10.6. The number of hydrogen-bond donors (Lipinski definition) is 1. The molecule has 1 unspecified atom stereocenters. The smallest absolute Gasteiger partial charge is 0.306 e. The summed E-state index contributed by atoms with van der Waals surface area (Å²) >= 11 is 0. The summed E-state index contributed by atoms with van der Waals surface area (Å²) < 4.78 is 34.2. The summed E-state index contributed by atoms with van der Waals surface area (Å²) in [4.78, 5) is 28.9. The van der Waals surface area contributed by atoms with Crippen molar-refractivity contribution in [3.05, 3.63) is 24.0 Å². The van der Waals surface area contributed by atoms with Crippen LogP contribution in [0.1, 0.15) is 52.8 Å². The van der Waals surface area contributed by atoms with Gasteiger partial charge in [-0.1, -0.05) is 13.8 Å². The number of rotatable bonds is 12. The van der Waals surface area contributed by atoms with Gasteiger partial charge < -0.3 is 14.6 Å². The number of sulfonamides is 1. The molecule has 9 nitrogen and oxygen atoms in total. The van der Waals surface area contributed by atoms with Crippen molar-refractivity contribution in [2.45, 2.75) is 70.9 Å². The number of carbonyl (C=O) groups is 2. The monoisotopic (exact) mass is 478 g/mol. The van der Waals surface area contributed by atoms with E-state index >= 15 is 0 Å². The number of nitrogens with zero attached hydrogens (tertiary/aromatic N) is 3. The van der Waals surface area contributed by atoms with E-state index in [1.54, 1.807) is 32.0 Å². The van der Waals surface area contributed by atoms with Crippen molar-refractivity contribution >= 4 is 32.9 Å². The van der Waals surface area contributed by atoms with E-state index in [0.29, 0.717) is 43.3 Å². The Kier molecular flexibility index (Phi) is 8.12. The van der Waals surface area contributed by atoms with Crippen LogP contribution in [0.4, 0.5) is 0 Å². The molecule has 0 radical (unpaired) electrons. The summed E-state index contributed by atoms with van der Waals surface area (Å²) in [5.74, 6) is 0.456. The molecule has 0 spiro atoms. The lowest BCUT2D eigenvalue weighted by Crippen LogP contribution is -2.37. The minimum atomic E-state index is -3.58. The fourth-order valence-corrected chi connectivity index (χ4v) is 5.50. The molecule has 1 aliphatic rings. The van der Waals surface area contributed by atoms with Gasteiger partial charge in [-0.15, -0.1) is 0 Å². The number of nitrogens with one attached hydrogen (secondary N) is 1. The lowest BCUT2D eigenvalue weighted by molar-refractivity contribution is -0.148. The van der Waals surface area contributed by atoms with Crippen molar-refractivity contribution in [2.24, 2.45) is 5.92 Å². The first-order valence-corrected chi connectivity index (χ1v) is 13.1. The van der Waals surface area contributed by atoms with E-state index in [0.717, 1.165) is 18.4 Å². The molecule has 2 aromatic rings. The molecule has 1 aliphatic carbocycles. The molecular weight excluding hydrogens is 444 g/mol. The Balaban J connectivity index is 1.65. The van der Waals surface area contributed by atoms with Crippen LogP contribution >= 0.6 is 0 Å². The fraction of sp³-hybridized carbons (Fsp3) is 0.609. The maximum absolute atomic E-state index is 12.8. The van der Waals surface area contributed by atoms with Crippen LogP contribution in [0.15, 0.2) is 23.1 Å². The van der Waals surface area contributed by atoms with Crippen LogP contribution in [0, 0.1) is 5.92 Å². The molecule has 0 saturated heterocycles. The van der Waals surface area contributed by atoms with E-state index in [2.05, 4.69) is 10.3 Å². The molecule has 1 N–H and O–H groups in total. The van der Waals surface area contributed by atoms with Gasteiger partial charge in [-0.3, -0.25) is 9.59 Å². The SMILES string of the molecule is CCN(CC)S(=O)(=O)c1ccc2c(c1)nc(CCC(=O)OCC(=O)NC(C)C1CC1)n2CC. The lowest BCUT2D eigenvalue weighted by atomic mass is 10.2. The second-order valence-electron chi connectivity index (χ2n) is 8.37. The molecular formula is C23H34N4O5S. The molecule has 1 amide bonds. The number of esters is 1. The Hall–Kier alpha value is -2.46. The van der Waals surface area contributed by atoms with Crippen LogP contribution in [0.25, 0.3) is 11.0 Å². The highest BCUT2D eigenvalue weighted by Crippen LogP contribution is 2.32. The number of fused-ring (bicyclic) bond motifs is 1. The average Bonchev–Trinajstić information content (AvgIpc) is 3.58. The first kappa shape index (κ1) is 25.2. The summed E-state index contributed by atoms with van der Waals surface area (Å²) in [7, 11) is -3.58. The Bertz CT molecular complexity index is 1100. The molecule has 1 aromatic heterocycles. The third-order valence-electron chi connectivity index (χ3n) is 6.09. The maximum atomic E-state index is 12.8. The van der Waals surface area contributed by atoms with Gasteiger partial charge in [0.2, 0.25) is 10.0 Å². The van der Waals surface area contributed by atoms with Crippen molar-refractivity contribution in [1.29, 1.82) is 0 Å². The third-order valence-corrected chi connectivity index (χ3v) is 8.14. The number of imidazole rings is 1. The predicted molar refractivity (Wildman–Crippen MR) is 125 cm³/mol. The van der Waals surface area contributed by atoms with Gasteiger partial charge in [0.25, 0.3) is 5.91 Å². The summed E-state index contributed by atoms with van der Waals surface area (Å²) in [5, 5.41) is 2.86. The van der Waals surface area contributed by atoms with Crippen molar-refractivity contribution in [3.63, 3.8) is 0 Å². The maximum Gasteiger partial charge on any atom is 0.306 e. The molecule has 1 heterocycles. The van der Waals surface area contributed by atoms with Gasteiger partial charge in [0, 0.05) is 32.1 Å². The Morgan fingerprint density at radius 2 is 1.94 bits per heavy atom. The van der Waals surface area contributed by atoms with E-state index < -0.39 is 16.0 Å². The average molecular weight is 479 g/mol. The van der Waals surface area contributed by atoms with Crippen LogP contribution < -0.4 is 5.32 Å². The summed E-state index contributed by atoms with van der Waals surface area (Å²) in [6, 6.07) is 5.05. The molecule has 1 fully saturated rings. The molecule has 1 atom stereocenters. The van der Waals surface area contributed by atoms with Crippen molar-refractivity contribution in [2.75, 3.05) is 19.7 Å². The number of ether oxygens (including phenoxy) is 1. The first-order valence-electron chi connectivity index (χ1n) is 11.7. The summed E-state index contributed by atoms with van der Waals surface area (Å²) in [6.07, 6.45) is 2.67. The standard InChI is InChI=1S/C23H34N4O5S/c1-5-26(6-2)33(30,31)18-10-11-20-19(14-18)25-21(27(20)7-3)12-13-23(29)32-15-22(28)24-16(4)17-8-9-17/h10-11,14,16-17H,5-9,12-13,15H2,1-4H3,(H,24,28). The zero-order chi connectivity index (χ0) is 24.2. The number of hydrogen-bond acceptors (Lipinski definition) is 6. The van der Waals surface area contributed by atoms with Gasteiger partial charge >= 0.3 is 5.97 Å². The van der Waals surface area contributed by atoms with Gasteiger partial charge in [0.05, 0.1) is 22.3 Å². The number of carbonyl (C=O) groups excluding carboxylic acids is 2. The van der Waals surface area contributed by atoms with Gasteiger partial charge in [-0.25, -0.2) is 13.4 Å². The van der Waals surface area contributed by atoms with Crippen LogP contribution in [0.3, 0.4) is 0 Å². The van der Waals surface area contributed by atoms with E-state index in [-0.39, 0.29) is 29.9 Å². The van der Waals surface area contributed by atoms with Crippen molar-refractivity contribution in [3.8, 4) is 0 Å². The van der Waals surface area contributed by atoms with Crippen LogP contribution in [0.2, 0.25) is 0 Å². The minimum Gasteiger partial charge on any atom is -0.456 e. The predicted octanol–water partition coefficient (Wildman–Crippen LogP) is 2.48. The molecule has 10 heteroatoms. The zero-order valence-electron chi connectivity index (χ0n) is 19.8. The minimum absolute atomic E-state index is 0.0827. The largest absolute Gasteiger partial charge is 0.456 e. The Morgan fingerprint density at radius 3 is 2.55 bits per heavy atom. The van der Waals surface area contributed by atoms with Crippen LogP contribution in [0.5, 0.6) is 0 Å². The van der Waals surface area contributed by atoms with Crippen LogP contribution in [-0.2, 0) is 37.3 Å². The second-order valence-corrected chi connectivity index (χ2v) is 10.3. The van der Waals surface area contributed by atoms with Crippen molar-refractivity contribution in [1.82, 2.24) is 19.2 Å².